The van der Waals surface area contributed by atoms with Gasteiger partial charge in [-0.15, -0.1) is 0 Å². The Morgan fingerprint density at radius 1 is 0.484 bits per heavy atom. The molecule has 6 aromatic rings. The number of carbonyl (C=O) groups excluding carboxylic acids is 2. The van der Waals surface area contributed by atoms with E-state index in [0.29, 0.717) is 35.3 Å². The Morgan fingerprint density at radius 2 is 0.806 bits per heavy atom. The average molecular weight is 857 g/mol. The van der Waals surface area contributed by atoms with Crippen molar-refractivity contribution < 1.29 is 44.7 Å². The van der Waals surface area contributed by atoms with E-state index in [9.17, 15) is 44.7 Å². The lowest BCUT2D eigenvalue weighted by atomic mass is 9.85. The summed E-state index contributed by atoms with van der Waals surface area (Å²) in [6.07, 6.45) is -7.64. The van der Waals surface area contributed by atoms with E-state index in [2.05, 4.69) is 10.6 Å². The number of anilines is 2. The van der Waals surface area contributed by atoms with Crippen LogP contribution in [0.5, 0.6) is 0 Å². The minimum atomic E-state index is -4.43. The Balaban J connectivity index is 0.000000186. The van der Waals surface area contributed by atoms with Crippen LogP contribution in [0.4, 0.5) is 56.1 Å². The maximum absolute atomic E-state index is 13.2. The van der Waals surface area contributed by atoms with Crippen molar-refractivity contribution in [3.63, 3.8) is 0 Å². The van der Waals surface area contributed by atoms with Crippen LogP contribution >= 0.6 is 0 Å². The Bertz CT molecular complexity index is 2330. The Labute approximate surface area is 352 Å². The molecule has 2 aliphatic heterocycles. The van der Waals surface area contributed by atoms with E-state index in [1.54, 1.807) is 9.80 Å². The van der Waals surface area contributed by atoms with Gasteiger partial charge in [-0.1, -0.05) is 72.8 Å². The summed E-state index contributed by atoms with van der Waals surface area (Å²) in [6.45, 7) is 3.80. The summed E-state index contributed by atoms with van der Waals surface area (Å²) in [5.74, 6) is -0.832. The molecule has 0 aliphatic carbocycles. The summed E-state index contributed by atoms with van der Waals surface area (Å²) in [5.41, 5.74) is 4.39. The number of urea groups is 2. The number of alkyl halides is 6. The predicted molar refractivity (Wildman–Crippen MR) is 220 cm³/mol. The quantitative estimate of drug-likeness (QED) is 0.174. The van der Waals surface area contributed by atoms with E-state index < -0.39 is 59.3 Å². The van der Waals surface area contributed by atoms with Crippen LogP contribution in [-0.4, -0.2) is 33.9 Å². The number of benzene rings is 6. The van der Waals surface area contributed by atoms with E-state index in [4.69, 9.17) is 0 Å². The van der Waals surface area contributed by atoms with Crippen molar-refractivity contribution in [3.8, 4) is 0 Å². The van der Waals surface area contributed by atoms with Crippen LogP contribution < -0.4 is 10.6 Å². The molecule has 2 heterocycles. The molecule has 2 N–H and O–H groups in total. The first-order chi connectivity index (χ1) is 29.5. The Morgan fingerprint density at radius 3 is 1.13 bits per heavy atom. The zero-order valence-corrected chi connectivity index (χ0v) is 33.3. The van der Waals surface area contributed by atoms with Crippen molar-refractivity contribution in [1.29, 1.82) is 0 Å². The molecule has 320 valence electrons. The molecule has 4 amide bonds. The maximum Gasteiger partial charge on any atom is 0.416 e. The number of amides is 4. The summed E-state index contributed by atoms with van der Waals surface area (Å²) in [5, 5.41) is 5.55. The first kappa shape index (κ1) is 43.4. The maximum atomic E-state index is 13.2. The van der Waals surface area contributed by atoms with Gasteiger partial charge in [0.15, 0.2) is 0 Å². The highest BCUT2D eigenvalue weighted by Crippen LogP contribution is 2.41. The van der Waals surface area contributed by atoms with Crippen LogP contribution in [0.3, 0.4) is 0 Å². The molecule has 6 nitrogen and oxygen atoms in total. The molecule has 62 heavy (non-hydrogen) atoms. The van der Waals surface area contributed by atoms with Gasteiger partial charge < -0.3 is 20.4 Å². The number of fused-ring (bicyclic) bond motifs is 2. The van der Waals surface area contributed by atoms with Crippen molar-refractivity contribution >= 4 is 23.4 Å². The zero-order valence-electron chi connectivity index (χ0n) is 33.3. The summed E-state index contributed by atoms with van der Waals surface area (Å²) in [6, 6.07) is 33.6. The van der Waals surface area contributed by atoms with Crippen LogP contribution in [0.2, 0.25) is 0 Å². The van der Waals surface area contributed by atoms with Crippen LogP contribution in [0.1, 0.15) is 70.4 Å². The smallest absolute Gasteiger partial charge is 0.310 e. The molecule has 14 heteroatoms. The molecule has 8 rings (SSSR count). The van der Waals surface area contributed by atoms with Crippen LogP contribution in [0.15, 0.2) is 146 Å². The van der Waals surface area contributed by atoms with E-state index in [1.807, 2.05) is 62.4 Å². The highest BCUT2D eigenvalue weighted by atomic mass is 19.4. The van der Waals surface area contributed by atoms with Gasteiger partial charge in [0.25, 0.3) is 0 Å². The largest absolute Gasteiger partial charge is 0.416 e. The van der Waals surface area contributed by atoms with E-state index in [-0.39, 0.29) is 12.1 Å². The van der Waals surface area contributed by atoms with Crippen LogP contribution in [0.25, 0.3) is 0 Å². The first-order valence-corrected chi connectivity index (χ1v) is 19.7. The van der Waals surface area contributed by atoms with Crippen LogP contribution in [0, 0.1) is 11.6 Å². The lowest BCUT2D eigenvalue weighted by molar-refractivity contribution is -0.138. The van der Waals surface area contributed by atoms with Gasteiger partial charge >= 0.3 is 24.4 Å². The summed E-state index contributed by atoms with van der Waals surface area (Å²) >= 11 is 0. The van der Waals surface area contributed by atoms with Gasteiger partial charge in [-0.2, -0.15) is 26.3 Å². The molecule has 0 saturated carbocycles. The monoisotopic (exact) mass is 856 g/mol. The number of nitrogens with one attached hydrogen (secondary N) is 2. The van der Waals surface area contributed by atoms with E-state index >= 15 is 0 Å². The zero-order chi connectivity index (χ0) is 44.3. The molecule has 0 aromatic heterocycles. The summed E-state index contributed by atoms with van der Waals surface area (Å²) in [7, 11) is 0. The lowest BCUT2D eigenvalue weighted by Gasteiger charge is -2.42. The van der Waals surface area contributed by atoms with Crippen molar-refractivity contribution in [2.24, 2.45) is 0 Å². The minimum absolute atomic E-state index is 0.206. The average Bonchev–Trinajstić information content (AvgIpc) is 3.24. The number of hydrogen-bond donors (Lipinski definition) is 2. The van der Waals surface area contributed by atoms with Crippen molar-refractivity contribution in [1.82, 2.24) is 9.80 Å². The molecule has 2 aliphatic rings. The second kappa shape index (κ2) is 17.7. The fraction of sp³-hybridized carbons (Fsp3) is 0.208. The molecule has 0 saturated heterocycles. The SMILES string of the molecule is C[C@@H]1Cc2ccccc2[C@H](c2ccc(C(F)(F)F)cc2)N1C(=O)Nc1ccc(F)cc1.C[C@H]1Cc2ccccc2[C@@H](c2ccc(C(F)(F)F)cc2)N1C(=O)Nc1ccc(F)cc1. The molecular weight excluding hydrogens is 817 g/mol. The number of carbonyl (C=O) groups is 2. The minimum Gasteiger partial charge on any atom is -0.310 e. The van der Waals surface area contributed by atoms with E-state index in [0.717, 1.165) is 46.5 Å². The van der Waals surface area contributed by atoms with Gasteiger partial charge in [-0.25, -0.2) is 18.4 Å². The number of nitrogens with zero attached hydrogens (tertiary/aromatic N) is 2. The topological polar surface area (TPSA) is 64.7 Å². The van der Waals surface area contributed by atoms with Crippen molar-refractivity contribution in [2.75, 3.05) is 10.6 Å². The second-order valence-corrected chi connectivity index (χ2v) is 15.2. The van der Waals surface area contributed by atoms with Crippen molar-refractivity contribution in [3.05, 3.63) is 202 Å². The van der Waals surface area contributed by atoms with E-state index in [1.165, 1.54) is 72.8 Å². The molecule has 6 aromatic carbocycles. The van der Waals surface area contributed by atoms with Gasteiger partial charge in [-0.3, -0.25) is 0 Å². The van der Waals surface area contributed by atoms with Crippen LogP contribution in [-0.2, 0) is 25.2 Å². The third-order valence-electron chi connectivity index (χ3n) is 11.0. The molecule has 0 radical (unpaired) electrons. The van der Waals surface area contributed by atoms with Gasteiger partial charge in [0, 0.05) is 23.5 Å². The van der Waals surface area contributed by atoms with Gasteiger partial charge in [0.1, 0.15) is 11.6 Å². The predicted octanol–water partition coefficient (Wildman–Crippen LogP) is 12.8. The Kier molecular flexibility index (Phi) is 12.4. The van der Waals surface area contributed by atoms with Crippen molar-refractivity contribution in [2.45, 2.75) is 63.2 Å². The Hall–Kier alpha value is -6.70. The van der Waals surface area contributed by atoms with Gasteiger partial charge in [0.2, 0.25) is 0 Å². The summed E-state index contributed by atoms with van der Waals surface area (Å²) in [4.78, 5) is 29.7. The van der Waals surface area contributed by atoms with Gasteiger partial charge in [-0.05, 0) is 133 Å². The molecule has 0 fully saturated rings. The molecular formula is C48H40F8N4O2. The molecule has 0 unspecified atom stereocenters. The number of halogens is 8. The highest BCUT2D eigenvalue weighted by Gasteiger charge is 2.39. The molecule has 4 atom stereocenters. The third kappa shape index (κ3) is 9.59. The number of hydrogen-bond acceptors (Lipinski definition) is 2. The lowest BCUT2D eigenvalue weighted by Crippen LogP contribution is -2.48. The highest BCUT2D eigenvalue weighted by molar-refractivity contribution is 5.91. The van der Waals surface area contributed by atoms with Gasteiger partial charge in [0.05, 0.1) is 23.2 Å². The third-order valence-corrected chi connectivity index (χ3v) is 11.0. The standard InChI is InChI=1S/2C24H20F4N2O/c2*1-15-14-17-4-2-3-5-21(17)22(16-6-8-18(9-7-16)24(26,27)28)30(15)23(31)29-20-12-10-19(25)11-13-20/h2*2-13,15,22H,14H2,1H3,(H,29,31)/t2*15-,22+/m10/s1. The molecule has 0 spiro atoms. The number of rotatable bonds is 4. The fourth-order valence-electron chi connectivity index (χ4n) is 8.08. The first-order valence-electron chi connectivity index (χ1n) is 19.7. The summed E-state index contributed by atoms with van der Waals surface area (Å²) < 4.78 is 105. The fourth-order valence-corrected chi connectivity index (χ4v) is 8.08. The molecule has 0 bridgehead atoms. The normalized spacial score (nSPS) is 18.4. The second-order valence-electron chi connectivity index (χ2n) is 15.2.